The van der Waals surface area contributed by atoms with Gasteiger partial charge in [0.2, 0.25) is 0 Å². The van der Waals surface area contributed by atoms with Crippen LogP contribution in [0.25, 0.3) is 10.8 Å². The van der Waals surface area contributed by atoms with E-state index in [-0.39, 0.29) is 42.2 Å². The number of carbonyl (C=O) groups excluding carboxylic acids is 1. The van der Waals surface area contributed by atoms with Gasteiger partial charge in [0.25, 0.3) is 5.91 Å². The molecule has 11 heteroatoms. The number of anilines is 2. The molecule has 1 N–H and O–H groups in total. The number of methoxy groups -OCH3 is 1. The first kappa shape index (κ1) is 27.6. The smallest absolute Gasteiger partial charge is 0.318 e. The van der Waals surface area contributed by atoms with Crippen LogP contribution in [0, 0.1) is 5.82 Å². The molecule has 3 aliphatic heterocycles. The molecule has 218 valence electrons. The third kappa shape index (κ3) is 5.18. The number of amides is 1. The zero-order valence-corrected chi connectivity index (χ0v) is 23.7. The Morgan fingerprint density at radius 3 is 2.83 bits per heavy atom. The molecule has 10 nitrogen and oxygen atoms in total. The summed E-state index contributed by atoms with van der Waals surface area (Å²) >= 11 is 0. The Labute approximate surface area is 238 Å². The molecule has 0 spiro atoms. The second kappa shape index (κ2) is 11.4. The molecule has 3 aromatic rings. The molecule has 1 aromatic heterocycles. The predicted molar refractivity (Wildman–Crippen MR) is 152 cm³/mol. The lowest BCUT2D eigenvalue weighted by Crippen LogP contribution is -2.32. The summed E-state index contributed by atoms with van der Waals surface area (Å²) < 4.78 is 32.3. The maximum absolute atomic E-state index is 14.9. The molecule has 0 unspecified atom stereocenters. The molecule has 2 fully saturated rings. The van der Waals surface area contributed by atoms with E-state index in [1.807, 2.05) is 14.0 Å². The van der Waals surface area contributed by atoms with Crippen LogP contribution < -0.4 is 14.5 Å². The van der Waals surface area contributed by atoms with Gasteiger partial charge in [-0.05, 0) is 49.4 Å². The van der Waals surface area contributed by atoms with Gasteiger partial charge in [-0.15, -0.1) is 0 Å². The first-order valence-electron chi connectivity index (χ1n) is 14.2. The van der Waals surface area contributed by atoms with E-state index in [0.717, 1.165) is 19.4 Å². The molecule has 2 saturated heterocycles. The molecule has 0 bridgehead atoms. The average Bonchev–Trinajstić information content (AvgIpc) is 3.35. The first-order chi connectivity index (χ1) is 19.9. The van der Waals surface area contributed by atoms with Crippen molar-refractivity contribution < 1.29 is 28.5 Å². The fraction of sp³-hybridized carbons (Fsp3) is 0.500. The quantitative estimate of drug-likeness (QED) is 0.461. The second-order valence-electron chi connectivity index (χ2n) is 10.9. The van der Waals surface area contributed by atoms with Gasteiger partial charge in [0.15, 0.2) is 0 Å². The number of likely N-dealkylation sites (tertiary alicyclic amines) is 1. The van der Waals surface area contributed by atoms with Gasteiger partial charge in [-0.2, -0.15) is 9.97 Å². The topological polar surface area (TPSA) is 100 Å². The van der Waals surface area contributed by atoms with Crippen LogP contribution in [-0.2, 0) is 22.4 Å². The van der Waals surface area contributed by atoms with E-state index >= 15 is 0 Å². The number of aryl methyl sites for hydroxylation is 1. The highest BCUT2D eigenvalue weighted by atomic mass is 19.1. The number of phenols is 1. The lowest BCUT2D eigenvalue weighted by molar-refractivity contribution is 0.0996. The summed E-state index contributed by atoms with van der Waals surface area (Å²) in [5.74, 6) is -0.114. The Morgan fingerprint density at radius 1 is 1.20 bits per heavy atom. The number of phenolic OH excluding ortho intramolecular Hbond substituents is 1. The van der Waals surface area contributed by atoms with Gasteiger partial charge in [-0.3, -0.25) is 9.69 Å². The van der Waals surface area contributed by atoms with Gasteiger partial charge in [-0.1, -0.05) is 13.0 Å². The van der Waals surface area contributed by atoms with E-state index in [4.69, 9.17) is 24.2 Å². The van der Waals surface area contributed by atoms with Crippen molar-refractivity contribution in [3.8, 4) is 11.8 Å². The Kier molecular flexibility index (Phi) is 7.67. The summed E-state index contributed by atoms with van der Waals surface area (Å²) in [6.07, 6.45) is 2.24. The minimum absolute atomic E-state index is 0.0000364. The van der Waals surface area contributed by atoms with Crippen molar-refractivity contribution in [2.24, 2.45) is 0 Å². The standard InChI is InChI=1S/C30H36FN5O5/c1-4-22-23(31)7-6-18-12-20(37)14-25(26(18)22)36-16-24-27(29(36)38)28(35-8-5-10-40-11-9-35)33-30(32-24)41-17-19-13-21(39-3)15-34(19)2/h6-7,12,14,19,21,37H,4-5,8-11,13,15-17H2,1-3H3/t19-,21+/m0/s1. The van der Waals surface area contributed by atoms with Gasteiger partial charge < -0.3 is 29.1 Å². The number of likely N-dealkylation sites (N-methyl/N-ethyl adjacent to an activating group) is 1. The largest absolute Gasteiger partial charge is 0.508 e. The summed E-state index contributed by atoms with van der Waals surface area (Å²) in [6.45, 7) is 5.67. The highest BCUT2D eigenvalue weighted by Crippen LogP contribution is 2.41. The van der Waals surface area contributed by atoms with Crippen LogP contribution in [0.5, 0.6) is 11.8 Å². The van der Waals surface area contributed by atoms with Crippen LogP contribution in [0.2, 0.25) is 0 Å². The maximum Gasteiger partial charge on any atom is 0.318 e. The van der Waals surface area contributed by atoms with E-state index in [2.05, 4.69) is 9.80 Å². The Balaban J connectivity index is 1.39. The third-order valence-corrected chi connectivity index (χ3v) is 8.40. The second-order valence-corrected chi connectivity index (χ2v) is 10.9. The van der Waals surface area contributed by atoms with Crippen molar-refractivity contribution in [1.82, 2.24) is 14.9 Å². The van der Waals surface area contributed by atoms with Crippen molar-refractivity contribution in [2.45, 2.75) is 44.9 Å². The molecule has 6 rings (SSSR count). The van der Waals surface area contributed by atoms with Crippen molar-refractivity contribution in [3.63, 3.8) is 0 Å². The summed E-state index contributed by atoms with van der Waals surface area (Å²) in [4.78, 5) is 29.4. The number of halogens is 1. The summed E-state index contributed by atoms with van der Waals surface area (Å²) in [6, 6.07) is 6.52. The van der Waals surface area contributed by atoms with Crippen LogP contribution in [0.3, 0.4) is 0 Å². The third-order valence-electron chi connectivity index (χ3n) is 8.40. The number of aromatic hydroxyl groups is 1. The Bertz CT molecular complexity index is 1460. The first-order valence-corrected chi connectivity index (χ1v) is 14.2. The molecule has 41 heavy (non-hydrogen) atoms. The molecule has 1 amide bonds. The molecule has 4 heterocycles. The fourth-order valence-electron chi connectivity index (χ4n) is 6.21. The molecular formula is C30H36FN5O5. The average molecular weight is 566 g/mol. The van der Waals surface area contributed by atoms with Crippen molar-refractivity contribution in [2.75, 3.05) is 63.4 Å². The van der Waals surface area contributed by atoms with Gasteiger partial charge in [0, 0.05) is 50.8 Å². The molecule has 0 saturated carbocycles. The molecule has 3 aliphatic rings. The highest BCUT2D eigenvalue weighted by molar-refractivity contribution is 6.16. The fourth-order valence-corrected chi connectivity index (χ4v) is 6.21. The maximum atomic E-state index is 14.9. The minimum Gasteiger partial charge on any atom is -0.508 e. The number of aromatic nitrogens is 2. The number of hydrogen-bond acceptors (Lipinski definition) is 9. The Morgan fingerprint density at radius 2 is 2.05 bits per heavy atom. The molecule has 0 aliphatic carbocycles. The van der Waals surface area contributed by atoms with E-state index < -0.39 is 0 Å². The summed E-state index contributed by atoms with van der Waals surface area (Å²) in [5.41, 5.74) is 1.89. The van der Waals surface area contributed by atoms with Gasteiger partial charge in [-0.25, -0.2) is 4.39 Å². The van der Waals surface area contributed by atoms with E-state index in [9.17, 15) is 14.3 Å². The minimum atomic E-state index is -0.343. The number of fused-ring (bicyclic) bond motifs is 2. The number of benzene rings is 2. The molecule has 2 atom stereocenters. The number of carbonyl (C=O) groups is 1. The van der Waals surface area contributed by atoms with Crippen molar-refractivity contribution >= 4 is 28.2 Å². The summed E-state index contributed by atoms with van der Waals surface area (Å²) in [7, 11) is 3.77. The zero-order valence-electron chi connectivity index (χ0n) is 23.7. The number of rotatable bonds is 7. The van der Waals surface area contributed by atoms with Gasteiger partial charge >= 0.3 is 6.01 Å². The highest BCUT2D eigenvalue weighted by Gasteiger charge is 2.38. The zero-order chi connectivity index (χ0) is 28.7. The monoisotopic (exact) mass is 565 g/mol. The number of nitrogens with zero attached hydrogens (tertiary/aromatic N) is 5. The van der Waals surface area contributed by atoms with E-state index in [1.165, 1.54) is 12.1 Å². The van der Waals surface area contributed by atoms with Gasteiger partial charge in [0.05, 0.1) is 30.6 Å². The van der Waals surface area contributed by atoms with Crippen LogP contribution in [0.15, 0.2) is 24.3 Å². The van der Waals surface area contributed by atoms with Crippen molar-refractivity contribution in [3.05, 3.63) is 46.9 Å². The van der Waals surface area contributed by atoms with E-state index in [1.54, 1.807) is 24.1 Å². The normalized spacial score (nSPS) is 21.5. The van der Waals surface area contributed by atoms with Crippen LogP contribution >= 0.6 is 0 Å². The van der Waals surface area contributed by atoms with Crippen LogP contribution in [0.4, 0.5) is 15.9 Å². The van der Waals surface area contributed by atoms with Gasteiger partial charge in [0.1, 0.15) is 29.6 Å². The number of hydrogen-bond donors (Lipinski definition) is 1. The number of ether oxygens (including phenoxy) is 3. The van der Waals surface area contributed by atoms with Crippen molar-refractivity contribution in [1.29, 1.82) is 0 Å². The van der Waals surface area contributed by atoms with Crippen LogP contribution in [0.1, 0.15) is 41.4 Å². The predicted octanol–water partition coefficient (Wildman–Crippen LogP) is 3.52. The molecule has 0 radical (unpaired) electrons. The SMILES string of the molecule is CCc1c(F)ccc2cc(O)cc(N3Cc4nc(OC[C@@H]5C[C@@H](OC)CN5C)nc(N5CCCOCC5)c4C3=O)c12. The summed E-state index contributed by atoms with van der Waals surface area (Å²) in [5, 5.41) is 11.8. The lowest BCUT2D eigenvalue weighted by Gasteiger charge is -2.24. The Hall–Kier alpha value is -3.54. The molecular weight excluding hydrogens is 529 g/mol. The lowest BCUT2D eigenvalue weighted by atomic mass is 9.99. The molecule has 2 aromatic carbocycles. The van der Waals surface area contributed by atoms with Crippen LogP contribution in [-0.4, -0.2) is 91.6 Å². The van der Waals surface area contributed by atoms with E-state index in [0.29, 0.717) is 78.4 Å².